The van der Waals surface area contributed by atoms with Crippen LogP contribution >= 0.6 is 0 Å². The standard InChI is InChI=1S/C8H12NO2/c1-6(2)8(10)11-7-4-3-5-9-7/h7H,1,3-5H2,2H3. The van der Waals surface area contributed by atoms with E-state index < -0.39 is 0 Å². The van der Waals surface area contributed by atoms with Gasteiger partial charge in [0.25, 0.3) is 0 Å². The molecule has 0 aromatic heterocycles. The molecule has 11 heavy (non-hydrogen) atoms. The predicted octanol–water partition coefficient (Wildman–Crippen LogP) is 0.830. The van der Waals surface area contributed by atoms with Crippen LogP contribution in [0.4, 0.5) is 0 Å². The van der Waals surface area contributed by atoms with Gasteiger partial charge in [0, 0.05) is 18.5 Å². The molecule has 1 aliphatic rings. The zero-order chi connectivity index (χ0) is 8.27. The van der Waals surface area contributed by atoms with E-state index in [2.05, 4.69) is 11.9 Å². The number of hydrogen-bond acceptors (Lipinski definition) is 2. The van der Waals surface area contributed by atoms with Gasteiger partial charge in [-0.1, -0.05) is 6.58 Å². The highest BCUT2D eigenvalue weighted by Crippen LogP contribution is 2.09. The third kappa shape index (κ3) is 2.35. The van der Waals surface area contributed by atoms with E-state index in [1.807, 2.05) is 0 Å². The van der Waals surface area contributed by atoms with E-state index in [4.69, 9.17) is 4.74 Å². The highest BCUT2D eigenvalue weighted by molar-refractivity contribution is 5.87. The Morgan fingerprint density at radius 3 is 2.91 bits per heavy atom. The smallest absolute Gasteiger partial charge is 0.334 e. The maximum atomic E-state index is 10.9. The minimum Gasteiger partial charge on any atom is -0.442 e. The van der Waals surface area contributed by atoms with Crippen LogP contribution in [0, 0.1) is 0 Å². The first-order valence-corrected chi connectivity index (χ1v) is 3.73. The van der Waals surface area contributed by atoms with Gasteiger partial charge >= 0.3 is 5.97 Å². The molecule has 0 aromatic carbocycles. The minimum atomic E-state index is -0.333. The molecule has 1 heterocycles. The van der Waals surface area contributed by atoms with E-state index >= 15 is 0 Å². The topological polar surface area (TPSA) is 40.4 Å². The van der Waals surface area contributed by atoms with Crippen molar-refractivity contribution in [3.8, 4) is 0 Å². The molecular formula is C8H12NO2. The number of carbonyl (C=O) groups is 1. The molecular weight excluding hydrogens is 142 g/mol. The van der Waals surface area contributed by atoms with Gasteiger partial charge in [0.1, 0.15) is 0 Å². The van der Waals surface area contributed by atoms with E-state index in [-0.39, 0.29) is 12.2 Å². The van der Waals surface area contributed by atoms with Crippen LogP contribution in [0.2, 0.25) is 0 Å². The minimum absolute atomic E-state index is 0.209. The predicted molar refractivity (Wildman–Crippen MR) is 40.9 cm³/mol. The maximum absolute atomic E-state index is 10.9. The number of ether oxygens (including phenoxy) is 1. The summed E-state index contributed by atoms with van der Waals surface area (Å²) in [7, 11) is 0. The van der Waals surface area contributed by atoms with Crippen molar-refractivity contribution in [2.75, 3.05) is 6.54 Å². The molecule has 1 radical (unpaired) electrons. The Balaban J connectivity index is 2.29. The van der Waals surface area contributed by atoms with Crippen LogP contribution in [0.3, 0.4) is 0 Å². The molecule has 1 atom stereocenters. The fraction of sp³-hybridized carbons (Fsp3) is 0.625. The highest BCUT2D eigenvalue weighted by Gasteiger charge is 2.19. The molecule has 1 rings (SSSR count). The number of carbonyl (C=O) groups excluding carboxylic acids is 1. The first-order valence-electron chi connectivity index (χ1n) is 3.73. The Hall–Kier alpha value is -0.830. The second-order valence-corrected chi connectivity index (χ2v) is 2.69. The lowest BCUT2D eigenvalue weighted by Gasteiger charge is -2.09. The van der Waals surface area contributed by atoms with Crippen LogP contribution in [0.15, 0.2) is 12.2 Å². The molecule has 3 nitrogen and oxygen atoms in total. The summed E-state index contributed by atoms with van der Waals surface area (Å²) in [4.78, 5) is 10.9. The van der Waals surface area contributed by atoms with Crippen LogP contribution in [0.1, 0.15) is 19.8 Å². The summed E-state index contributed by atoms with van der Waals surface area (Å²) in [6, 6.07) is 0. The molecule has 0 bridgehead atoms. The second-order valence-electron chi connectivity index (χ2n) is 2.69. The summed E-state index contributed by atoms with van der Waals surface area (Å²) in [6.45, 7) is 5.93. The van der Waals surface area contributed by atoms with Gasteiger partial charge in [-0.2, -0.15) is 0 Å². The van der Waals surface area contributed by atoms with E-state index in [1.54, 1.807) is 6.92 Å². The van der Waals surface area contributed by atoms with Crippen LogP contribution < -0.4 is 5.32 Å². The summed E-state index contributed by atoms with van der Waals surface area (Å²) in [5.74, 6) is -0.333. The zero-order valence-electron chi connectivity index (χ0n) is 6.67. The fourth-order valence-electron chi connectivity index (χ4n) is 0.913. The molecule has 1 saturated heterocycles. The van der Waals surface area contributed by atoms with Gasteiger partial charge in [-0.05, 0) is 13.3 Å². The monoisotopic (exact) mass is 154 g/mol. The first kappa shape index (κ1) is 8.27. The van der Waals surface area contributed by atoms with Gasteiger partial charge in [-0.25, -0.2) is 10.1 Å². The average molecular weight is 154 g/mol. The molecule has 61 valence electrons. The lowest BCUT2D eigenvalue weighted by molar-refractivity contribution is -0.145. The van der Waals surface area contributed by atoms with Gasteiger partial charge in [0.15, 0.2) is 6.23 Å². The summed E-state index contributed by atoms with van der Waals surface area (Å²) in [5.41, 5.74) is 0.437. The van der Waals surface area contributed by atoms with Crippen molar-refractivity contribution in [1.82, 2.24) is 5.32 Å². The number of hydrogen-bond donors (Lipinski definition) is 0. The Bertz CT molecular complexity index is 171. The summed E-state index contributed by atoms with van der Waals surface area (Å²) < 4.78 is 4.97. The molecule has 0 aliphatic carbocycles. The molecule has 1 unspecified atom stereocenters. The third-order valence-corrected chi connectivity index (χ3v) is 1.53. The van der Waals surface area contributed by atoms with Crippen LogP contribution in [-0.4, -0.2) is 18.7 Å². The van der Waals surface area contributed by atoms with Crippen molar-refractivity contribution < 1.29 is 9.53 Å². The van der Waals surface area contributed by atoms with Crippen molar-refractivity contribution in [2.24, 2.45) is 0 Å². The van der Waals surface area contributed by atoms with Gasteiger partial charge in [0.2, 0.25) is 0 Å². The summed E-state index contributed by atoms with van der Waals surface area (Å²) in [5, 5.41) is 4.07. The Kier molecular flexibility index (Phi) is 2.65. The molecule has 0 saturated carbocycles. The van der Waals surface area contributed by atoms with E-state index in [0.717, 1.165) is 19.4 Å². The second kappa shape index (κ2) is 3.53. The zero-order valence-corrected chi connectivity index (χ0v) is 6.67. The van der Waals surface area contributed by atoms with Gasteiger partial charge in [-0.15, -0.1) is 0 Å². The Morgan fingerprint density at radius 2 is 2.45 bits per heavy atom. The fourth-order valence-corrected chi connectivity index (χ4v) is 0.913. The number of nitrogens with zero attached hydrogens (tertiary/aromatic N) is 1. The van der Waals surface area contributed by atoms with Crippen molar-refractivity contribution in [3.05, 3.63) is 12.2 Å². The van der Waals surface area contributed by atoms with E-state index in [1.165, 1.54) is 0 Å². The van der Waals surface area contributed by atoms with Crippen LogP contribution in [0.5, 0.6) is 0 Å². The van der Waals surface area contributed by atoms with Crippen molar-refractivity contribution in [3.63, 3.8) is 0 Å². The lowest BCUT2D eigenvalue weighted by Crippen LogP contribution is -2.22. The van der Waals surface area contributed by atoms with E-state index in [0.29, 0.717) is 5.57 Å². The highest BCUT2D eigenvalue weighted by atomic mass is 16.6. The van der Waals surface area contributed by atoms with E-state index in [9.17, 15) is 4.79 Å². The normalized spacial score (nSPS) is 23.2. The Labute approximate surface area is 66.4 Å². The van der Waals surface area contributed by atoms with Crippen LogP contribution in [-0.2, 0) is 9.53 Å². The quantitative estimate of drug-likeness (QED) is 0.436. The molecule has 0 aromatic rings. The third-order valence-electron chi connectivity index (χ3n) is 1.53. The first-order chi connectivity index (χ1) is 5.20. The number of esters is 1. The molecule has 1 aliphatic heterocycles. The summed E-state index contributed by atoms with van der Waals surface area (Å²) >= 11 is 0. The molecule has 3 heteroatoms. The van der Waals surface area contributed by atoms with Gasteiger partial charge in [0.05, 0.1) is 0 Å². The van der Waals surface area contributed by atoms with Crippen molar-refractivity contribution >= 4 is 5.97 Å². The molecule has 1 fully saturated rings. The average Bonchev–Trinajstić information content (AvgIpc) is 2.39. The SMILES string of the molecule is C=C(C)C(=O)OC1CCC[N]1. The van der Waals surface area contributed by atoms with Gasteiger partial charge in [-0.3, -0.25) is 0 Å². The Morgan fingerprint density at radius 1 is 1.73 bits per heavy atom. The lowest BCUT2D eigenvalue weighted by atomic mass is 10.3. The summed E-state index contributed by atoms with van der Waals surface area (Å²) in [6.07, 6.45) is 1.67. The molecule has 0 N–H and O–H groups in total. The molecule has 0 spiro atoms. The van der Waals surface area contributed by atoms with Gasteiger partial charge < -0.3 is 4.74 Å². The maximum Gasteiger partial charge on any atom is 0.334 e. The molecule has 0 amide bonds. The number of rotatable bonds is 2. The van der Waals surface area contributed by atoms with Crippen molar-refractivity contribution in [2.45, 2.75) is 26.0 Å². The van der Waals surface area contributed by atoms with Crippen LogP contribution in [0.25, 0.3) is 0 Å². The van der Waals surface area contributed by atoms with Crippen molar-refractivity contribution in [1.29, 1.82) is 0 Å². The largest absolute Gasteiger partial charge is 0.442 e.